The van der Waals surface area contributed by atoms with Gasteiger partial charge in [0.05, 0.1) is 11.6 Å². The third-order valence-corrected chi connectivity index (χ3v) is 4.20. The molecule has 2 nitrogen and oxygen atoms in total. The van der Waals surface area contributed by atoms with Crippen molar-refractivity contribution in [3.8, 4) is 5.75 Å². The highest BCUT2D eigenvalue weighted by Crippen LogP contribution is 2.26. The van der Waals surface area contributed by atoms with Gasteiger partial charge in [-0.1, -0.05) is 50.3 Å². The van der Waals surface area contributed by atoms with E-state index in [0.717, 1.165) is 30.3 Å². The Morgan fingerprint density at radius 2 is 1.95 bits per heavy atom. The summed E-state index contributed by atoms with van der Waals surface area (Å²) in [6, 6.07) is 6.80. The molecule has 20 heavy (non-hydrogen) atoms. The highest BCUT2D eigenvalue weighted by Gasteiger charge is 2.11. The number of rotatable bonds is 6. The maximum absolute atomic E-state index is 6.26. The molecule has 1 aliphatic rings. The smallest absolute Gasteiger partial charge is 0.137 e. The van der Waals surface area contributed by atoms with Crippen molar-refractivity contribution in [2.24, 2.45) is 0 Å². The largest absolute Gasteiger partial charge is 0.492 e. The molecule has 1 aromatic carbocycles. The molecule has 112 valence electrons. The molecule has 1 aliphatic carbocycles. The first-order valence-electron chi connectivity index (χ1n) is 7.94. The summed E-state index contributed by atoms with van der Waals surface area (Å²) >= 11 is 6.26. The molecule has 0 bridgehead atoms. The van der Waals surface area contributed by atoms with Gasteiger partial charge in [0.15, 0.2) is 0 Å². The van der Waals surface area contributed by atoms with Gasteiger partial charge in [0.2, 0.25) is 0 Å². The maximum atomic E-state index is 6.26. The molecule has 0 atom stereocenters. The Hall–Kier alpha value is -0.730. The van der Waals surface area contributed by atoms with Crippen LogP contribution in [-0.2, 0) is 6.54 Å². The van der Waals surface area contributed by atoms with Crippen molar-refractivity contribution >= 4 is 11.6 Å². The standard InChI is InChI=1S/C17H26ClNO/c1-2-11-20-17-10-9-14(12-16(17)18)13-19-15-7-5-3-4-6-8-15/h9-10,12,15,19H,2-8,11,13H2,1H3. The fourth-order valence-electron chi connectivity index (χ4n) is 2.73. The zero-order valence-electron chi connectivity index (χ0n) is 12.5. The molecule has 0 radical (unpaired) electrons. The van der Waals surface area contributed by atoms with Crippen LogP contribution >= 0.6 is 11.6 Å². The second kappa shape index (κ2) is 8.53. The Labute approximate surface area is 127 Å². The van der Waals surface area contributed by atoms with Crippen molar-refractivity contribution in [2.45, 2.75) is 64.5 Å². The Morgan fingerprint density at radius 3 is 2.60 bits per heavy atom. The summed E-state index contributed by atoms with van der Waals surface area (Å²) in [7, 11) is 0. The molecule has 1 fully saturated rings. The lowest BCUT2D eigenvalue weighted by atomic mass is 10.1. The zero-order chi connectivity index (χ0) is 14.2. The van der Waals surface area contributed by atoms with E-state index in [4.69, 9.17) is 16.3 Å². The third kappa shape index (κ3) is 4.99. The number of nitrogens with one attached hydrogen (secondary N) is 1. The Bertz CT molecular complexity index is 400. The van der Waals surface area contributed by atoms with Crippen molar-refractivity contribution in [2.75, 3.05) is 6.61 Å². The summed E-state index contributed by atoms with van der Waals surface area (Å²) < 4.78 is 5.60. The van der Waals surface area contributed by atoms with Gasteiger partial charge < -0.3 is 10.1 Å². The molecular weight excluding hydrogens is 270 g/mol. The van der Waals surface area contributed by atoms with E-state index < -0.39 is 0 Å². The van der Waals surface area contributed by atoms with Gasteiger partial charge in [-0.2, -0.15) is 0 Å². The first kappa shape index (κ1) is 15.7. The summed E-state index contributed by atoms with van der Waals surface area (Å²) in [4.78, 5) is 0. The predicted molar refractivity (Wildman–Crippen MR) is 85.6 cm³/mol. The fraction of sp³-hybridized carbons (Fsp3) is 0.647. The van der Waals surface area contributed by atoms with Crippen molar-refractivity contribution in [1.29, 1.82) is 0 Å². The number of hydrogen-bond donors (Lipinski definition) is 1. The van der Waals surface area contributed by atoms with Gasteiger partial charge in [0.25, 0.3) is 0 Å². The average Bonchev–Trinajstić information content (AvgIpc) is 2.73. The van der Waals surface area contributed by atoms with Crippen LogP contribution in [0.25, 0.3) is 0 Å². The number of halogens is 1. The molecule has 0 saturated heterocycles. The molecular formula is C17H26ClNO. The molecule has 1 saturated carbocycles. The quantitative estimate of drug-likeness (QED) is 0.751. The molecule has 0 aromatic heterocycles. The van der Waals surface area contributed by atoms with Crippen molar-refractivity contribution < 1.29 is 4.74 Å². The van der Waals surface area contributed by atoms with Gasteiger partial charge in [-0.3, -0.25) is 0 Å². The molecule has 1 aromatic rings. The van der Waals surface area contributed by atoms with Crippen LogP contribution in [0.3, 0.4) is 0 Å². The summed E-state index contributed by atoms with van der Waals surface area (Å²) in [5.74, 6) is 0.798. The first-order valence-corrected chi connectivity index (χ1v) is 8.32. The summed E-state index contributed by atoms with van der Waals surface area (Å²) in [5.41, 5.74) is 1.24. The summed E-state index contributed by atoms with van der Waals surface area (Å²) in [6.07, 6.45) is 9.14. The van der Waals surface area contributed by atoms with Crippen molar-refractivity contribution in [1.82, 2.24) is 5.32 Å². The van der Waals surface area contributed by atoms with E-state index >= 15 is 0 Å². The lowest BCUT2D eigenvalue weighted by Crippen LogP contribution is -2.27. The molecule has 2 rings (SSSR count). The molecule has 0 aliphatic heterocycles. The first-order chi connectivity index (χ1) is 9.79. The lowest BCUT2D eigenvalue weighted by Gasteiger charge is -2.16. The van der Waals surface area contributed by atoms with Crippen LogP contribution in [0, 0.1) is 0 Å². The predicted octanol–water partition coefficient (Wildman–Crippen LogP) is 4.94. The summed E-state index contributed by atoms with van der Waals surface area (Å²) in [5, 5.41) is 4.39. The van der Waals surface area contributed by atoms with E-state index in [1.165, 1.54) is 44.1 Å². The van der Waals surface area contributed by atoms with Gasteiger partial charge in [0, 0.05) is 12.6 Å². The van der Waals surface area contributed by atoms with Crippen LogP contribution in [0.5, 0.6) is 5.75 Å². The molecule has 0 spiro atoms. The Kier molecular flexibility index (Phi) is 6.68. The second-order valence-corrected chi connectivity index (χ2v) is 6.09. The molecule has 0 amide bonds. The van der Waals surface area contributed by atoms with Crippen LogP contribution in [-0.4, -0.2) is 12.6 Å². The molecule has 0 heterocycles. The fourth-order valence-corrected chi connectivity index (χ4v) is 2.99. The minimum absolute atomic E-state index is 0.673. The van der Waals surface area contributed by atoms with E-state index in [0.29, 0.717) is 6.04 Å². The van der Waals surface area contributed by atoms with Crippen LogP contribution < -0.4 is 10.1 Å². The minimum Gasteiger partial charge on any atom is -0.492 e. The van der Waals surface area contributed by atoms with Crippen molar-refractivity contribution in [3.05, 3.63) is 28.8 Å². The van der Waals surface area contributed by atoms with Gasteiger partial charge in [-0.25, -0.2) is 0 Å². The molecule has 0 unspecified atom stereocenters. The van der Waals surface area contributed by atoms with E-state index in [9.17, 15) is 0 Å². The van der Waals surface area contributed by atoms with Crippen LogP contribution in [0.2, 0.25) is 5.02 Å². The van der Waals surface area contributed by atoms with Gasteiger partial charge in [-0.05, 0) is 37.0 Å². The van der Waals surface area contributed by atoms with E-state index in [1.807, 2.05) is 12.1 Å². The van der Waals surface area contributed by atoms with Crippen LogP contribution in [0.4, 0.5) is 0 Å². The molecule has 1 N–H and O–H groups in total. The third-order valence-electron chi connectivity index (χ3n) is 3.91. The van der Waals surface area contributed by atoms with Crippen LogP contribution in [0.1, 0.15) is 57.4 Å². The number of ether oxygens (including phenoxy) is 1. The minimum atomic E-state index is 0.673. The van der Waals surface area contributed by atoms with E-state index in [-0.39, 0.29) is 0 Å². The van der Waals surface area contributed by atoms with Crippen molar-refractivity contribution in [3.63, 3.8) is 0 Å². The Morgan fingerprint density at radius 1 is 1.20 bits per heavy atom. The van der Waals surface area contributed by atoms with Crippen LogP contribution in [0.15, 0.2) is 18.2 Å². The number of hydrogen-bond acceptors (Lipinski definition) is 2. The average molecular weight is 296 g/mol. The Balaban J connectivity index is 1.84. The van der Waals surface area contributed by atoms with Gasteiger partial charge >= 0.3 is 0 Å². The highest BCUT2D eigenvalue weighted by molar-refractivity contribution is 6.32. The topological polar surface area (TPSA) is 21.3 Å². The monoisotopic (exact) mass is 295 g/mol. The highest BCUT2D eigenvalue weighted by atomic mass is 35.5. The zero-order valence-corrected chi connectivity index (χ0v) is 13.2. The lowest BCUT2D eigenvalue weighted by molar-refractivity contribution is 0.317. The van der Waals surface area contributed by atoms with E-state index in [2.05, 4.69) is 18.3 Å². The maximum Gasteiger partial charge on any atom is 0.137 e. The van der Waals surface area contributed by atoms with Gasteiger partial charge in [0.1, 0.15) is 5.75 Å². The SMILES string of the molecule is CCCOc1ccc(CNC2CCCCCC2)cc1Cl. The normalized spacial score (nSPS) is 16.9. The molecule has 3 heteroatoms. The van der Waals surface area contributed by atoms with Gasteiger partial charge in [-0.15, -0.1) is 0 Å². The summed E-state index contributed by atoms with van der Waals surface area (Å²) in [6.45, 7) is 3.72. The number of benzene rings is 1. The second-order valence-electron chi connectivity index (χ2n) is 5.68. The van der Waals surface area contributed by atoms with E-state index in [1.54, 1.807) is 0 Å².